The van der Waals surface area contributed by atoms with Crippen LogP contribution in [-0.2, 0) is 13.1 Å². The number of hydrogen-bond donors (Lipinski definition) is 0. The van der Waals surface area contributed by atoms with E-state index in [1.165, 1.54) is 68.0 Å². The van der Waals surface area contributed by atoms with Gasteiger partial charge in [0.2, 0.25) is 0 Å². The third-order valence-electron chi connectivity index (χ3n) is 4.60. The van der Waals surface area contributed by atoms with Crippen molar-refractivity contribution in [1.29, 1.82) is 0 Å². The molecule has 0 unspecified atom stereocenters. The molecule has 21 heavy (non-hydrogen) atoms. The van der Waals surface area contributed by atoms with E-state index >= 15 is 0 Å². The van der Waals surface area contributed by atoms with Crippen molar-refractivity contribution >= 4 is 0 Å². The summed E-state index contributed by atoms with van der Waals surface area (Å²) in [7, 11) is 0. The molecule has 0 saturated heterocycles. The van der Waals surface area contributed by atoms with Gasteiger partial charge in [0.25, 0.3) is 0 Å². The molecule has 0 radical (unpaired) electrons. The van der Waals surface area contributed by atoms with Crippen molar-refractivity contribution in [2.24, 2.45) is 0 Å². The van der Waals surface area contributed by atoms with E-state index in [4.69, 9.17) is 0 Å². The van der Waals surface area contributed by atoms with E-state index in [2.05, 4.69) is 61.1 Å². The van der Waals surface area contributed by atoms with Gasteiger partial charge in [-0.3, -0.25) is 0 Å². The minimum Gasteiger partial charge on any atom is -0.349 e. The molecule has 2 aromatic rings. The summed E-state index contributed by atoms with van der Waals surface area (Å²) in [4.78, 5) is 0. The number of unbranched alkanes of at least 4 members (excludes halogenated alkanes) is 4. The fourth-order valence-corrected chi connectivity index (χ4v) is 3.17. The van der Waals surface area contributed by atoms with Gasteiger partial charge in [0.05, 0.1) is 0 Å². The lowest BCUT2D eigenvalue weighted by molar-refractivity contribution is 0.524. The van der Waals surface area contributed by atoms with Gasteiger partial charge in [-0.1, -0.05) is 19.3 Å². The highest BCUT2D eigenvalue weighted by molar-refractivity contribution is 5.14. The van der Waals surface area contributed by atoms with Crippen molar-refractivity contribution in [3.8, 4) is 0 Å². The van der Waals surface area contributed by atoms with Crippen molar-refractivity contribution in [2.75, 3.05) is 0 Å². The molecule has 0 aliphatic heterocycles. The van der Waals surface area contributed by atoms with Gasteiger partial charge in [0.1, 0.15) is 0 Å². The average Bonchev–Trinajstić information content (AvgIpc) is 2.94. The Morgan fingerprint density at radius 3 is 1.14 bits per heavy atom. The topological polar surface area (TPSA) is 9.86 Å². The third kappa shape index (κ3) is 4.26. The summed E-state index contributed by atoms with van der Waals surface area (Å²) in [6.07, 6.45) is 6.66. The highest BCUT2D eigenvalue weighted by Crippen LogP contribution is 2.13. The molecule has 2 heterocycles. The summed E-state index contributed by atoms with van der Waals surface area (Å²) >= 11 is 0. The first-order chi connectivity index (χ1) is 10.1. The Morgan fingerprint density at radius 2 is 0.810 bits per heavy atom. The molecular weight excluding hydrogens is 256 g/mol. The van der Waals surface area contributed by atoms with E-state index in [0.717, 1.165) is 0 Å². The molecule has 0 fully saturated rings. The maximum Gasteiger partial charge on any atom is 0.0224 e. The van der Waals surface area contributed by atoms with Crippen LogP contribution in [0.1, 0.15) is 54.9 Å². The molecule has 0 N–H and O–H groups in total. The van der Waals surface area contributed by atoms with Crippen molar-refractivity contribution in [3.63, 3.8) is 0 Å². The highest BCUT2D eigenvalue weighted by Gasteiger charge is 2.01. The first-order valence-corrected chi connectivity index (χ1v) is 8.35. The SMILES string of the molecule is Cc1ccc(C)n1CCCCCCCn1c(C)ccc1C. The minimum atomic E-state index is 1.18. The van der Waals surface area contributed by atoms with Crippen molar-refractivity contribution in [1.82, 2.24) is 9.13 Å². The quantitative estimate of drug-likeness (QED) is 0.592. The van der Waals surface area contributed by atoms with Gasteiger partial charge in [-0.25, -0.2) is 0 Å². The number of aromatic nitrogens is 2. The predicted octanol–water partition coefficient (Wildman–Crippen LogP) is 5.17. The van der Waals surface area contributed by atoms with Crippen LogP contribution >= 0.6 is 0 Å². The Labute approximate surface area is 129 Å². The van der Waals surface area contributed by atoms with Crippen LogP contribution in [0.3, 0.4) is 0 Å². The minimum absolute atomic E-state index is 1.18. The molecule has 0 aliphatic rings. The molecule has 0 bridgehead atoms. The molecule has 0 saturated carbocycles. The number of hydrogen-bond acceptors (Lipinski definition) is 0. The van der Waals surface area contributed by atoms with E-state index in [-0.39, 0.29) is 0 Å². The number of nitrogens with zero attached hydrogens (tertiary/aromatic N) is 2. The third-order valence-corrected chi connectivity index (χ3v) is 4.60. The highest BCUT2D eigenvalue weighted by atomic mass is 15.0. The Morgan fingerprint density at radius 1 is 0.524 bits per heavy atom. The van der Waals surface area contributed by atoms with Crippen molar-refractivity contribution in [2.45, 2.75) is 72.9 Å². The standard InChI is InChI=1S/C19H30N2/c1-16-10-11-17(2)20(16)14-8-6-5-7-9-15-21-18(3)12-13-19(21)4/h10-13H,5-9,14-15H2,1-4H3. The smallest absolute Gasteiger partial charge is 0.0224 e. The molecule has 2 heteroatoms. The van der Waals surface area contributed by atoms with Gasteiger partial charge in [-0.15, -0.1) is 0 Å². The fraction of sp³-hybridized carbons (Fsp3) is 0.579. The molecule has 0 amide bonds. The van der Waals surface area contributed by atoms with Crippen LogP contribution in [0.5, 0.6) is 0 Å². The van der Waals surface area contributed by atoms with E-state index < -0.39 is 0 Å². The average molecular weight is 286 g/mol. The summed E-state index contributed by atoms with van der Waals surface area (Å²) in [5, 5.41) is 0. The summed E-state index contributed by atoms with van der Waals surface area (Å²) in [6, 6.07) is 8.88. The van der Waals surface area contributed by atoms with Crippen LogP contribution in [0.2, 0.25) is 0 Å². The van der Waals surface area contributed by atoms with Crippen LogP contribution in [0, 0.1) is 27.7 Å². The van der Waals surface area contributed by atoms with Crippen molar-refractivity contribution in [3.05, 3.63) is 47.0 Å². The first kappa shape index (κ1) is 15.9. The van der Waals surface area contributed by atoms with Crippen LogP contribution in [0.25, 0.3) is 0 Å². The second kappa shape index (κ2) is 7.53. The Balaban J connectivity index is 1.59. The lowest BCUT2D eigenvalue weighted by Gasteiger charge is -2.10. The predicted molar refractivity (Wildman–Crippen MR) is 90.9 cm³/mol. The van der Waals surface area contributed by atoms with Gasteiger partial charge in [-0.2, -0.15) is 0 Å². The maximum atomic E-state index is 2.44. The Hall–Kier alpha value is -1.44. The second-order valence-corrected chi connectivity index (χ2v) is 6.30. The van der Waals surface area contributed by atoms with Gasteiger partial charge >= 0.3 is 0 Å². The Bertz CT molecular complexity index is 471. The van der Waals surface area contributed by atoms with Gasteiger partial charge in [-0.05, 0) is 64.8 Å². The first-order valence-electron chi connectivity index (χ1n) is 8.35. The molecule has 0 aliphatic carbocycles. The lowest BCUT2D eigenvalue weighted by Crippen LogP contribution is -2.03. The molecule has 0 atom stereocenters. The molecule has 0 aromatic carbocycles. The molecule has 2 aromatic heterocycles. The normalized spacial score (nSPS) is 11.2. The molecule has 2 nitrogen and oxygen atoms in total. The summed E-state index contributed by atoms with van der Waals surface area (Å²) in [6.45, 7) is 11.2. The van der Waals surface area contributed by atoms with Gasteiger partial charge < -0.3 is 9.13 Å². The zero-order valence-corrected chi connectivity index (χ0v) is 14.2. The van der Waals surface area contributed by atoms with Gasteiger partial charge in [0.15, 0.2) is 0 Å². The van der Waals surface area contributed by atoms with Crippen LogP contribution in [0.4, 0.5) is 0 Å². The number of rotatable bonds is 8. The van der Waals surface area contributed by atoms with E-state index in [1.807, 2.05) is 0 Å². The summed E-state index contributed by atoms with van der Waals surface area (Å²) < 4.78 is 4.87. The summed E-state index contributed by atoms with van der Waals surface area (Å²) in [5.41, 5.74) is 5.58. The van der Waals surface area contributed by atoms with Crippen LogP contribution in [0.15, 0.2) is 24.3 Å². The molecular formula is C19H30N2. The zero-order chi connectivity index (χ0) is 15.2. The molecule has 116 valence electrons. The monoisotopic (exact) mass is 286 g/mol. The van der Waals surface area contributed by atoms with Crippen molar-refractivity contribution < 1.29 is 0 Å². The largest absolute Gasteiger partial charge is 0.349 e. The van der Waals surface area contributed by atoms with Crippen LogP contribution < -0.4 is 0 Å². The second-order valence-electron chi connectivity index (χ2n) is 6.30. The Kier molecular flexibility index (Phi) is 5.72. The van der Waals surface area contributed by atoms with E-state index in [1.54, 1.807) is 0 Å². The van der Waals surface area contributed by atoms with E-state index in [9.17, 15) is 0 Å². The maximum absolute atomic E-state index is 2.44. The zero-order valence-electron chi connectivity index (χ0n) is 14.2. The van der Waals surface area contributed by atoms with E-state index in [0.29, 0.717) is 0 Å². The fourth-order valence-electron chi connectivity index (χ4n) is 3.17. The summed E-state index contributed by atoms with van der Waals surface area (Å²) in [5.74, 6) is 0. The van der Waals surface area contributed by atoms with Crippen LogP contribution in [-0.4, -0.2) is 9.13 Å². The lowest BCUT2D eigenvalue weighted by atomic mass is 10.1. The molecule has 2 rings (SSSR count). The molecule has 0 spiro atoms. The number of aryl methyl sites for hydroxylation is 4. The van der Waals surface area contributed by atoms with Gasteiger partial charge in [0, 0.05) is 35.9 Å².